The Morgan fingerprint density at radius 1 is 0.893 bits per heavy atom. The summed E-state index contributed by atoms with van der Waals surface area (Å²) in [5.41, 5.74) is 3.78. The van der Waals surface area contributed by atoms with Gasteiger partial charge in [0.15, 0.2) is 0 Å². The molecule has 134 valence electrons. The number of allylic oxidation sites excluding steroid dienone is 1. The van der Waals surface area contributed by atoms with Gasteiger partial charge in [-0.1, -0.05) is 78.9 Å². The highest BCUT2D eigenvalue weighted by molar-refractivity contribution is 6.14. The van der Waals surface area contributed by atoms with Crippen molar-refractivity contribution in [2.24, 2.45) is 0 Å². The first kappa shape index (κ1) is 17.5. The third-order valence-corrected chi connectivity index (χ3v) is 4.72. The van der Waals surface area contributed by atoms with E-state index >= 15 is 0 Å². The molecule has 0 saturated carbocycles. The molecule has 0 aliphatic carbocycles. The molecule has 4 rings (SSSR count). The van der Waals surface area contributed by atoms with Crippen molar-refractivity contribution in [2.45, 2.75) is 6.54 Å². The number of benzene rings is 3. The molecule has 0 amide bonds. The summed E-state index contributed by atoms with van der Waals surface area (Å²) >= 11 is 0. The number of Topliss-reactive ketones (excluding diaryl/α,β-unsaturated/α-hetero) is 1. The van der Waals surface area contributed by atoms with Gasteiger partial charge in [0.05, 0.1) is 0 Å². The first-order valence-corrected chi connectivity index (χ1v) is 9.09. The molecule has 3 nitrogen and oxygen atoms in total. The summed E-state index contributed by atoms with van der Waals surface area (Å²) in [7, 11) is 0. The van der Waals surface area contributed by atoms with E-state index in [1.165, 1.54) is 5.56 Å². The van der Waals surface area contributed by atoms with Gasteiger partial charge in [-0.05, 0) is 17.7 Å². The van der Waals surface area contributed by atoms with E-state index in [-0.39, 0.29) is 11.4 Å². The van der Waals surface area contributed by atoms with E-state index in [4.69, 9.17) is 0 Å². The van der Waals surface area contributed by atoms with Crippen LogP contribution in [0.2, 0.25) is 0 Å². The number of aromatic nitrogens is 1. The highest BCUT2D eigenvalue weighted by atomic mass is 16.1. The molecule has 1 aromatic heterocycles. The summed E-state index contributed by atoms with van der Waals surface area (Å²) in [4.78, 5) is 12.7. The summed E-state index contributed by atoms with van der Waals surface area (Å²) in [6.07, 6.45) is 3.70. The topological polar surface area (TPSA) is 45.8 Å². The van der Waals surface area contributed by atoms with E-state index in [0.29, 0.717) is 5.56 Å². The Labute approximate surface area is 163 Å². The number of nitrogens with zero attached hydrogens (tertiary/aromatic N) is 2. The number of hydrogen-bond acceptors (Lipinski definition) is 2. The third-order valence-electron chi connectivity index (χ3n) is 4.72. The van der Waals surface area contributed by atoms with Gasteiger partial charge in [0.1, 0.15) is 11.6 Å². The average molecular weight is 362 g/mol. The predicted octanol–water partition coefficient (Wildman–Crippen LogP) is 5.48. The van der Waals surface area contributed by atoms with Crippen molar-refractivity contribution in [1.82, 2.24) is 4.57 Å². The number of carbonyl (C=O) groups excluding carboxylic acids is 1. The normalized spacial score (nSPS) is 11.3. The van der Waals surface area contributed by atoms with Crippen LogP contribution >= 0.6 is 0 Å². The van der Waals surface area contributed by atoms with Crippen molar-refractivity contribution >= 4 is 22.8 Å². The van der Waals surface area contributed by atoms with Gasteiger partial charge >= 0.3 is 0 Å². The summed E-state index contributed by atoms with van der Waals surface area (Å²) < 4.78 is 2.15. The minimum atomic E-state index is -0.261. The van der Waals surface area contributed by atoms with Crippen LogP contribution in [0, 0.1) is 11.3 Å². The summed E-state index contributed by atoms with van der Waals surface area (Å²) in [5.74, 6) is -0.261. The fourth-order valence-corrected chi connectivity index (χ4v) is 3.35. The van der Waals surface area contributed by atoms with Crippen LogP contribution in [0.5, 0.6) is 0 Å². The van der Waals surface area contributed by atoms with Crippen LogP contribution in [0.25, 0.3) is 17.0 Å². The van der Waals surface area contributed by atoms with Crippen molar-refractivity contribution in [3.05, 3.63) is 113 Å². The third kappa shape index (κ3) is 3.49. The molecule has 0 N–H and O–H groups in total. The van der Waals surface area contributed by atoms with E-state index < -0.39 is 0 Å². The fraction of sp³-hybridized carbons (Fsp3) is 0.0400. The van der Waals surface area contributed by atoms with Gasteiger partial charge in [0.25, 0.3) is 0 Å². The molecule has 0 unspecified atom stereocenters. The number of fused-ring (bicyclic) bond motifs is 1. The molecule has 0 spiro atoms. The van der Waals surface area contributed by atoms with Crippen molar-refractivity contribution in [1.29, 1.82) is 5.26 Å². The molecule has 0 atom stereocenters. The van der Waals surface area contributed by atoms with E-state index in [0.717, 1.165) is 23.0 Å². The number of carbonyl (C=O) groups is 1. The van der Waals surface area contributed by atoms with Gasteiger partial charge in [-0.3, -0.25) is 4.79 Å². The van der Waals surface area contributed by atoms with E-state index in [2.05, 4.69) is 28.8 Å². The minimum absolute atomic E-state index is 0.133. The maximum Gasteiger partial charge on any atom is 0.203 e. The number of ketones is 1. The second-order valence-electron chi connectivity index (χ2n) is 6.58. The zero-order chi connectivity index (χ0) is 19.3. The van der Waals surface area contributed by atoms with Gasteiger partial charge in [0.2, 0.25) is 5.78 Å². The highest BCUT2D eigenvalue weighted by Gasteiger charge is 2.14. The van der Waals surface area contributed by atoms with Gasteiger partial charge in [-0.15, -0.1) is 0 Å². The lowest BCUT2D eigenvalue weighted by atomic mass is 10.0. The second kappa shape index (κ2) is 7.77. The molecule has 4 aromatic rings. The van der Waals surface area contributed by atoms with Crippen LogP contribution in [0.4, 0.5) is 0 Å². The standard InChI is InChI=1S/C25H18N2O/c26-16-21(25(28)20-11-5-2-6-12-20)15-22-18-27(17-19-9-3-1-4-10-19)24-14-8-7-13-23(22)24/h1-15,18H,17H2/b21-15+. The Morgan fingerprint density at radius 2 is 1.54 bits per heavy atom. The molecule has 0 radical (unpaired) electrons. The molecule has 0 aliphatic rings. The number of para-hydroxylation sites is 1. The SMILES string of the molecule is N#C/C(=C\c1cn(Cc2ccccc2)c2ccccc12)C(=O)c1ccccc1. The summed E-state index contributed by atoms with van der Waals surface area (Å²) in [5, 5.41) is 10.6. The highest BCUT2D eigenvalue weighted by Crippen LogP contribution is 2.25. The Morgan fingerprint density at radius 3 is 2.25 bits per heavy atom. The quantitative estimate of drug-likeness (QED) is 0.268. The lowest BCUT2D eigenvalue weighted by Gasteiger charge is -2.05. The molecule has 0 bridgehead atoms. The molecule has 3 heteroatoms. The molecule has 0 aliphatic heterocycles. The molecule has 0 saturated heterocycles. The predicted molar refractivity (Wildman–Crippen MR) is 112 cm³/mol. The number of hydrogen-bond donors (Lipinski definition) is 0. The fourth-order valence-electron chi connectivity index (χ4n) is 3.35. The Kier molecular flexibility index (Phi) is 4.86. The van der Waals surface area contributed by atoms with E-state index in [1.54, 1.807) is 30.3 Å². The van der Waals surface area contributed by atoms with Crippen LogP contribution < -0.4 is 0 Å². The Hall–Kier alpha value is -3.90. The molecular weight excluding hydrogens is 344 g/mol. The maximum atomic E-state index is 12.7. The molecule has 3 aromatic carbocycles. The van der Waals surface area contributed by atoms with Crippen molar-refractivity contribution in [2.75, 3.05) is 0 Å². The van der Waals surface area contributed by atoms with Crippen LogP contribution in [0.1, 0.15) is 21.5 Å². The Balaban J connectivity index is 1.77. The zero-order valence-electron chi connectivity index (χ0n) is 15.2. The second-order valence-corrected chi connectivity index (χ2v) is 6.58. The summed E-state index contributed by atoms with van der Waals surface area (Å²) in [6, 6.07) is 29.2. The van der Waals surface area contributed by atoms with Crippen LogP contribution in [-0.2, 0) is 6.54 Å². The zero-order valence-corrected chi connectivity index (χ0v) is 15.2. The van der Waals surface area contributed by atoms with Crippen LogP contribution in [-0.4, -0.2) is 10.4 Å². The monoisotopic (exact) mass is 362 g/mol. The van der Waals surface area contributed by atoms with Crippen LogP contribution in [0.3, 0.4) is 0 Å². The number of nitriles is 1. The van der Waals surface area contributed by atoms with Gasteiger partial charge in [-0.2, -0.15) is 5.26 Å². The molecule has 1 heterocycles. The van der Waals surface area contributed by atoms with Crippen molar-refractivity contribution in [3.63, 3.8) is 0 Å². The van der Waals surface area contributed by atoms with Crippen LogP contribution in [0.15, 0.2) is 96.7 Å². The molecule has 0 fully saturated rings. The first-order chi connectivity index (χ1) is 13.8. The lowest BCUT2D eigenvalue weighted by molar-refractivity contribution is 0.104. The number of rotatable bonds is 5. The maximum absolute atomic E-state index is 12.7. The largest absolute Gasteiger partial charge is 0.342 e. The van der Waals surface area contributed by atoms with Crippen molar-refractivity contribution in [3.8, 4) is 6.07 Å². The molecule has 28 heavy (non-hydrogen) atoms. The molecular formula is C25H18N2O. The van der Waals surface area contributed by atoms with Crippen molar-refractivity contribution < 1.29 is 4.79 Å². The van der Waals surface area contributed by atoms with Gasteiger partial charge in [0, 0.05) is 34.8 Å². The van der Waals surface area contributed by atoms with Gasteiger partial charge < -0.3 is 4.57 Å². The smallest absolute Gasteiger partial charge is 0.203 e. The van der Waals surface area contributed by atoms with E-state index in [9.17, 15) is 10.1 Å². The van der Waals surface area contributed by atoms with Gasteiger partial charge in [-0.25, -0.2) is 0 Å². The first-order valence-electron chi connectivity index (χ1n) is 9.09. The lowest BCUT2D eigenvalue weighted by Crippen LogP contribution is -2.01. The summed E-state index contributed by atoms with van der Waals surface area (Å²) in [6.45, 7) is 0.726. The average Bonchev–Trinajstić information content (AvgIpc) is 3.10. The minimum Gasteiger partial charge on any atom is -0.342 e. The van der Waals surface area contributed by atoms with E-state index in [1.807, 2.05) is 48.7 Å². The Bertz CT molecular complexity index is 1200.